The van der Waals surface area contributed by atoms with Gasteiger partial charge in [-0.2, -0.15) is 11.8 Å². The van der Waals surface area contributed by atoms with Gasteiger partial charge in [0.05, 0.1) is 11.2 Å². The van der Waals surface area contributed by atoms with Crippen molar-refractivity contribution >= 4 is 70.1 Å². The van der Waals surface area contributed by atoms with Crippen molar-refractivity contribution < 1.29 is 52.5 Å². The lowest BCUT2D eigenvalue weighted by atomic mass is 10.0. The SMILES string of the molecule is CCn1cc(C(=O)O)c(=O)c2cc(F)c(N3CCN(C(=O)OCc4ccc(NC(=O)[C@H](CSCCNC(=O)OC(C)(C)C)NC(=O)[C@@H](NC(=O)OCc5ccccc5)C(C)C)cc4)CC3)cc21. The molecule has 1 saturated heterocycles. The van der Waals surface area contributed by atoms with Crippen molar-refractivity contribution in [3.8, 4) is 0 Å². The third kappa shape index (κ3) is 14.8. The number of carboxylic acid groups (broad SMARTS) is 1. The molecule has 1 aromatic heterocycles. The summed E-state index contributed by atoms with van der Waals surface area (Å²) < 4.78 is 33.1. The number of hydrogen-bond acceptors (Lipinski definition) is 12. The van der Waals surface area contributed by atoms with E-state index >= 15 is 4.39 Å². The van der Waals surface area contributed by atoms with Gasteiger partial charge in [-0.3, -0.25) is 14.4 Å². The second-order valence-corrected chi connectivity index (χ2v) is 18.1. The summed E-state index contributed by atoms with van der Waals surface area (Å²) in [5.41, 5.74) is 0.543. The van der Waals surface area contributed by atoms with Gasteiger partial charge in [0.2, 0.25) is 17.2 Å². The van der Waals surface area contributed by atoms with Crippen LogP contribution in [0.3, 0.4) is 0 Å². The molecule has 360 valence electrons. The zero-order chi connectivity index (χ0) is 48.8. The Morgan fingerprint density at radius 3 is 2.13 bits per heavy atom. The largest absolute Gasteiger partial charge is 0.477 e. The molecular weight excluding hydrogens is 890 g/mol. The maximum Gasteiger partial charge on any atom is 0.410 e. The molecule has 0 aliphatic carbocycles. The van der Waals surface area contributed by atoms with Crippen LogP contribution in [0.4, 0.5) is 30.1 Å². The van der Waals surface area contributed by atoms with Gasteiger partial charge in [-0.25, -0.2) is 23.6 Å². The lowest BCUT2D eigenvalue weighted by Gasteiger charge is -2.35. The van der Waals surface area contributed by atoms with Crippen LogP contribution in [0.5, 0.6) is 0 Å². The number of rotatable bonds is 18. The lowest BCUT2D eigenvalue weighted by Crippen LogP contribution is -2.55. The number of aromatic nitrogens is 1. The van der Waals surface area contributed by atoms with Gasteiger partial charge in [-0.15, -0.1) is 0 Å². The van der Waals surface area contributed by atoms with Crippen LogP contribution in [-0.4, -0.2) is 113 Å². The molecule has 0 spiro atoms. The Balaban J connectivity index is 1.15. The first-order chi connectivity index (χ1) is 31.8. The summed E-state index contributed by atoms with van der Waals surface area (Å²) in [4.78, 5) is 92.9. The zero-order valence-electron chi connectivity index (χ0n) is 38.4. The molecule has 2 atom stereocenters. The summed E-state index contributed by atoms with van der Waals surface area (Å²) in [5, 5.41) is 20.3. The molecule has 0 radical (unpaired) electrons. The number of hydrogen-bond donors (Lipinski definition) is 5. The van der Waals surface area contributed by atoms with E-state index in [1.54, 1.807) is 87.4 Å². The normalized spacial score (nSPS) is 13.6. The first-order valence-electron chi connectivity index (χ1n) is 21.8. The molecule has 2 heterocycles. The number of piperazine rings is 1. The highest BCUT2D eigenvalue weighted by molar-refractivity contribution is 7.99. The minimum Gasteiger partial charge on any atom is -0.477 e. The van der Waals surface area contributed by atoms with Crippen molar-refractivity contribution in [2.75, 3.05) is 54.4 Å². The number of carboxylic acids is 1. The van der Waals surface area contributed by atoms with Crippen molar-refractivity contribution in [2.24, 2.45) is 5.92 Å². The second kappa shape index (κ2) is 23.6. The number of pyridine rings is 1. The number of alkyl carbamates (subject to hydrolysis) is 2. The van der Waals surface area contributed by atoms with Gasteiger partial charge in [0.15, 0.2) is 0 Å². The van der Waals surface area contributed by atoms with Crippen molar-refractivity contribution in [3.63, 3.8) is 0 Å². The number of ether oxygens (including phenoxy) is 3. The van der Waals surface area contributed by atoms with Crippen LogP contribution in [0.2, 0.25) is 0 Å². The summed E-state index contributed by atoms with van der Waals surface area (Å²) in [6.45, 7) is 12.0. The van der Waals surface area contributed by atoms with Crippen LogP contribution < -0.4 is 31.6 Å². The topological polar surface area (TPSA) is 227 Å². The molecule has 1 aliphatic heterocycles. The first-order valence-corrected chi connectivity index (χ1v) is 23.0. The van der Waals surface area contributed by atoms with E-state index in [1.807, 2.05) is 18.2 Å². The number of fused-ring (bicyclic) bond motifs is 1. The Hall–Kier alpha value is -6.83. The highest BCUT2D eigenvalue weighted by Crippen LogP contribution is 2.27. The van der Waals surface area contributed by atoms with Crippen LogP contribution in [0.15, 0.2) is 77.7 Å². The number of nitrogens with zero attached hydrogens (tertiary/aromatic N) is 3. The minimum atomic E-state index is -1.39. The maximum absolute atomic E-state index is 15.4. The summed E-state index contributed by atoms with van der Waals surface area (Å²) in [6, 6.07) is 16.1. The molecule has 1 aliphatic rings. The zero-order valence-corrected chi connectivity index (χ0v) is 39.2. The molecule has 3 aromatic carbocycles. The van der Waals surface area contributed by atoms with Gasteiger partial charge in [0, 0.05) is 68.0 Å². The van der Waals surface area contributed by atoms with E-state index in [2.05, 4.69) is 21.3 Å². The number of nitrogens with one attached hydrogen (secondary N) is 4. The number of aryl methyl sites for hydroxylation is 1. The van der Waals surface area contributed by atoms with E-state index in [-0.39, 0.29) is 68.7 Å². The average Bonchev–Trinajstić information content (AvgIpc) is 3.28. The predicted octanol–water partition coefficient (Wildman–Crippen LogP) is 5.95. The molecule has 18 nitrogen and oxygen atoms in total. The van der Waals surface area contributed by atoms with Crippen LogP contribution >= 0.6 is 11.8 Å². The van der Waals surface area contributed by atoms with E-state index in [4.69, 9.17) is 14.2 Å². The minimum absolute atomic E-state index is 0.00167. The van der Waals surface area contributed by atoms with Gasteiger partial charge in [0.1, 0.15) is 42.3 Å². The number of thioether (sulfide) groups is 1. The highest BCUT2D eigenvalue weighted by atomic mass is 32.2. The number of amides is 5. The fraction of sp³-hybridized carbons (Fsp3) is 0.426. The average molecular weight is 948 g/mol. The number of anilines is 2. The third-order valence-corrected chi connectivity index (χ3v) is 11.5. The summed E-state index contributed by atoms with van der Waals surface area (Å²) >= 11 is 1.31. The summed E-state index contributed by atoms with van der Waals surface area (Å²) in [5.74, 6) is -3.06. The fourth-order valence-corrected chi connectivity index (χ4v) is 7.83. The number of benzene rings is 3. The predicted molar refractivity (Wildman–Crippen MR) is 252 cm³/mol. The Morgan fingerprint density at radius 2 is 1.51 bits per heavy atom. The molecule has 5 rings (SSSR count). The standard InChI is InChI=1S/C47H58FN7O11S/c1-7-53-25-34(43(59)60)40(56)33-23-35(48)38(24-37(33)53)54-18-20-55(21-19-54)46(63)65-27-31-13-15-32(16-14-31)50-41(57)36(28-67-22-17-49-44(61)66-47(4,5)6)51-42(58)39(29(2)3)52-45(62)64-26-30-11-9-8-10-12-30/h8-16,23-25,29,36,39H,7,17-22,26-28H2,1-6H3,(H,49,61)(H,50,57)(H,51,58)(H,52,62)(H,59,60)/t36-,39-/m0/s1. The van der Waals surface area contributed by atoms with Crippen molar-refractivity contribution in [1.82, 2.24) is 25.4 Å². The Labute approximate surface area is 391 Å². The molecule has 5 amide bonds. The Bertz CT molecular complexity index is 2460. The van der Waals surface area contributed by atoms with Gasteiger partial charge in [-0.1, -0.05) is 56.3 Å². The number of halogens is 1. The lowest BCUT2D eigenvalue weighted by molar-refractivity contribution is -0.128. The quantitative estimate of drug-likeness (QED) is 0.0575. The number of carbonyl (C=O) groups excluding carboxylic acids is 5. The van der Waals surface area contributed by atoms with E-state index in [0.29, 0.717) is 29.1 Å². The first kappa shape index (κ1) is 51.2. The van der Waals surface area contributed by atoms with E-state index in [9.17, 15) is 38.7 Å². The highest BCUT2D eigenvalue weighted by Gasteiger charge is 2.30. The van der Waals surface area contributed by atoms with Gasteiger partial charge < -0.3 is 55.0 Å². The van der Waals surface area contributed by atoms with Crippen LogP contribution in [0.25, 0.3) is 10.9 Å². The molecule has 0 saturated carbocycles. The van der Waals surface area contributed by atoms with Crippen molar-refractivity contribution in [3.05, 3.63) is 106 Å². The second-order valence-electron chi connectivity index (χ2n) is 17.0. The van der Waals surface area contributed by atoms with E-state index in [0.717, 1.165) is 11.6 Å². The number of carbonyl (C=O) groups is 6. The molecule has 4 aromatic rings. The molecule has 1 fully saturated rings. The summed E-state index contributed by atoms with van der Waals surface area (Å²) in [6.07, 6.45) is -0.701. The fourth-order valence-electron chi connectivity index (χ4n) is 6.95. The number of aromatic carboxylic acids is 1. The smallest absolute Gasteiger partial charge is 0.410 e. The third-order valence-electron chi connectivity index (χ3n) is 10.4. The van der Waals surface area contributed by atoms with Crippen LogP contribution in [0.1, 0.15) is 63.0 Å². The molecule has 20 heteroatoms. The Morgan fingerprint density at radius 1 is 0.851 bits per heavy atom. The van der Waals surface area contributed by atoms with Gasteiger partial charge in [-0.05, 0) is 69.0 Å². The summed E-state index contributed by atoms with van der Waals surface area (Å²) in [7, 11) is 0. The molecule has 0 unspecified atom stereocenters. The monoisotopic (exact) mass is 947 g/mol. The Kier molecular flexibility index (Phi) is 18.0. The molecule has 5 N–H and O–H groups in total. The molecular formula is C47H58FN7O11S. The van der Waals surface area contributed by atoms with Gasteiger partial charge in [0.25, 0.3) is 0 Å². The van der Waals surface area contributed by atoms with E-state index in [1.165, 1.54) is 28.9 Å². The maximum atomic E-state index is 15.4. The molecule has 67 heavy (non-hydrogen) atoms. The van der Waals surface area contributed by atoms with Crippen LogP contribution in [0, 0.1) is 11.7 Å². The van der Waals surface area contributed by atoms with Crippen LogP contribution in [-0.2, 0) is 43.6 Å². The van der Waals surface area contributed by atoms with Crippen molar-refractivity contribution in [2.45, 2.75) is 79.0 Å². The van der Waals surface area contributed by atoms with Crippen molar-refractivity contribution in [1.29, 1.82) is 0 Å². The van der Waals surface area contributed by atoms with Gasteiger partial charge >= 0.3 is 24.2 Å². The van der Waals surface area contributed by atoms with E-state index < -0.39 is 70.6 Å². The molecule has 0 bridgehead atoms.